The van der Waals surface area contributed by atoms with Crippen LogP contribution in [0.15, 0.2) is 146 Å². The molecule has 0 heterocycles. The Balaban J connectivity index is 0.784. The first-order valence-corrected chi connectivity index (χ1v) is 40.1. The van der Waals surface area contributed by atoms with E-state index in [1.54, 1.807) is 86.6 Å². The Labute approximate surface area is 520 Å². The fourth-order valence-corrected chi connectivity index (χ4v) is 24.0. The SMILES string of the molecule is CCCCOC(=O)[C@@H](C)Oc1ccc(OC(=O)c2ccc(-c3ccc(OCCCCCC[Si](C)(C)O[Si](C)(C)O[Si](C)(C)CCCCCCOc4ccc(-c5ccc(C(=O)Oc6ccc(O[C@H](C)C(=O)OCCCC)cc6)cc5)cc4)cc3)cc2)cc1. The van der Waals surface area contributed by atoms with Crippen molar-refractivity contribution in [3.63, 3.8) is 0 Å². The molecule has 0 saturated heterocycles. The molecule has 0 aromatic heterocycles. The molecule has 0 amide bonds. The largest absolute Gasteiger partial charge is 0.494 e. The molecule has 14 nitrogen and oxygen atoms in total. The number of ether oxygens (including phenoxy) is 8. The number of esters is 4. The van der Waals surface area contributed by atoms with Crippen molar-refractivity contribution in [1.82, 2.24) is 0 Å². The van der Waals surface area contributed by atoms with E-state index in [4.69, 9.17) is 46.1 Å². The number of carbonyl (C=O) groups is 4. The molecule has 0 saturated carbocycles. The summed E-state index contributed by atoms with van der Waals surface area (Å²) < 4.78 is 59.0. The Bertz CT molecular complexity index is 2820. The van der Waals surface area contributed by atoms with Crippen LogP contribution in [0, 0.1) is 0 Å². The third-order valence-corrected chi connectivity index (χ3v) is 25.9. The molecule has 87 heavy (non-hydrogen) atoms. The van der Waals surface area contributed by atoms with E-state index in [0.29, 0.717) is 60.6 Å². The lowest BCUT2D eigenvalue weighted by Crippen LogP contribution is -2.52. The van der Waals surface area contributed by atoms with Crippen molar-refractivity contribution < 1.29 is 65.3 Å². The van der Waals surface area contributed by atoms with Gasteiger partial charge in [0, 0.05) is 0 Å². The Hall–Kier alpha value is -7.03. The smallest absolute Gasteiger partial charge is 0.347 e. The number of hydrogen-bond acceptors (Lipinski definition) is 14. The molecule has 0 aliphatic rings. The predicted molar refractivity (Wildman–Crippen MR) is 351 cm³/mol. The van der Waals surface area contributed by atoms with Gasteiger partial charge in [-0.1, -0.05) is 114 Å². The highest BCUT2D eigenvalue weighted by Gasteiger charge is 2.39. The lowest BCUT2D eigenvalue weighted by atomic mass is 10.0. The molecule has 0 aliphatic carbocycles. The van der Waals surface area contributed by atoms with Crippen LogP contribution in [0.25, 0.3) is 22.3 Å². The Morgan fingerprint density at radius 3 is 0.989 bits per heavy atom. The Morgan fingerprint density at radius 2 is 0.655 bits per heavy atom. The van der Waals surface area contributed by atoms with Crippen molar-refractivity contribution >= 4 is 49.1 Å². The number of unbranched alkanes of at least 4 members (excludes halogenated alkanes) is 8. The van der Waals surface area contributed by atoms with Crippen LogP contribution in [-0.4, -0.2) is 87.7 Å². The Morgan fingerprint density at radius 1 is 0.356 bits per heavy atom. The van der Waals surface area contributed by atoms with Gasteiger partial charge in [0.15, 0.2) is 28.8 Å². The third-order valence-electron chi connectivity index (χ3n) is 14.4. The topological polar surface area (TPSA) is 161 Å². The van der Waals surface area contributed by atoms with Crippen molar-refractivity contribution in [2.24, 2.45) is 0 Å². The molecule has 6 aromatic rings. The highest BCUT2D eigenvalue weighted by Crippen LogP contribution is 2.30. The maximum Gasteiger partial charge on any atom is 0.347 e. The maximum atomic E-state index is 12.9. The van der Waals surface area contributed by atoms with Gasteiger partial charge >= 0.3 is 32.4 Å². The quantitative estimate of drug-likeness (QED) is 0.0156. The zero-order valence-corrected chi connectivity index (χ0v) is 56.0. The summed E-state index contributed by atoms with van der Waals surface area (Å²) in [6, 6.07) is 46.0. The Kier molecular flexibility index (Phi) is 27.9. The summed E-state index contributed by atoms with van der Waals surface area (Å²) in [6.07, 6.45) is 10.7. The second-order valence-corrected chi connectivity index (χ2v) is 36.1. The van der Waals surface area contributed by atoms with Gasteiger partial charge in [-0.3, -0.25) is 0 Å². The molecule has 0 fully saturated rings. The number of benzene rings is 6. The van der Waals surface area contributed by atoms with Gasteiger partial charge in [-0.25, -0.2) is 19.2 Å². The molecule has 0 N–H and O–H groups in total. The molecule has 0 bridgehead atoms. The van der Waals surface area contributed by atoms with Crippen molar-refractivity contribution in [3.05, 3.63) is 157 Å². The van der Waals surface area contributed by atoms with Gasteiger partial charge < -0.3 is 46.1 Å². The van der Waals surface area contributed by atoms with E-state index in [1.165, 1.54) is 0 Å². The second-order valence-electron chi connectivity index (χ2n) is 23.6. The van der Waals surface area contributed by atoms with Crippen LogP contribution >= 0.6 is 0 Å². The van der Waals surface area contributed by atoms with Crippen LogP contribution in [0.5, 0.6) is 34.5 Å². The summed E-state index contributed by atoms with van der Waals surface area (Å²) in [5.74, 6) is 1.57. The van der Waals surface area contributed by atoms with Gasteiger partial charge in [-0.2, -0.15) is 0 Å². The summed E-state index contributed by atoms with van der Waals surface area (Å²) >= 11 is 0. The standard InChI is InChI=1S/C70H92O14Si3/c1-11-13-47-77-67(71)53(3)79-63-39-43-65(44-40-63)81-69(73)59-27-23-55(24-28-59)57-31-35-61(36-32-57)75-49-19-15-17-21-51-85(5,6)83-87(9,10)84-86(7,8)52-22-18-16-20-50-76-62-37-33-58(34-38-62)56-25-29-60(30-26-56)70(74)82-66-45-41-64(42-46-66)80-54(4)68(72)78-48-14-12-2/h23-46,53-54H,11-22,47-52H2,1-10H3/t53-,54-/m1/s1. The number of rotatable bonds is 38. The van der Waals surface area contributed by atoms with Crippen LogP contribution in [0.3, 0.4) is 0 Å². The molecule has 17 heteroatoms. The van der Waals surface area contributed by atoms with E-state index in [2.05, 4.69) is 39.3 Å². The van der Waals surface area contributed by atoms with Gasteiger partial charge in [0.2, 0.25) is 0 Å². The zero-order valence-electron chi connectivity index (χ0n) is 53.0. The normalized spacial score (nSPS) is 12.3. The van der Waals surface area contributed by atoms with Crippen LogP contribution < -0.4 is 28.4 Å². The fourth-order valence-electron chi connectivity index (χ4n) is 9.81. The monoisotopic (exact) mass is 1240 g/mol. The van der Waals surface area contributed by atoms with E-state index in [1.807, 2.05) is 86.6 Å². The minimum Gasteiger partial charge on any atom is -0.494 e. The molecular weight excluding hydrogens is 1150 g/mol. The van der Waals surface area contributed by atoms with E-state index < -0.39 is 61.3 Å². The highest BCUT2D eigenvalue weighted by molar-refractivity contribution is 6.87. The summed E-state index contributed by atoms with van der Waals surface area (Å²) in [6.45, 7) is 23.2. The van der Waals surface area contributed by atoms with Gasteiger partial charge in [0.05, 0.1) is 37.6 Å². The third kappa shape index (κ3) is 24.9. The van der Waals surface area contributed by atoms with Gasteiger partial charge in [-0.15, -0.1) is 0 Å². The lowest BCUT2D eigenvalue weighted by Gasteiger charge is -2.39. The van der Waals surface area contributed by atoms with Crippen molar-refractivity contribution in [1.29, 1.82) is 0 Å². The van der Waals surface area contributed by atoms with Crippen molar-refractivity contribution in [2.75, 3.05) is 26.4 Å². The van der Waals surface area contributed by atoms with Crippen LogP contribution in [0.1, 0.15) is 125 Å². The highest BCUT2D eigenvalue weighted by atomic mass is 28.5. The van der Waals surface area contributed by atoms with Gasteiger partial charge in [0.1, 0.15) is 34.5 Å². The van der Waals surface area contributed by atoms with Crippen molar-refractivity contribution in [2.45, 2.75) is 168 Å². The first kappa shape index (κ1) is 69.1. The molecule has 6 aromatic carbocycles. The van der Waals surface area contributed by atoms with Crippen LogP contribution in [-0.2, 0) is 27.3 Å². The number of carbonyl (C=O) groups excluding carboxylic acids is 4. The van der Waals surface area contributed by atoms with Gasteiger partial charge in [0.25, 0.3) is 0 Å². The molecule has 0 aliphatic heterocycles. The summed E-state index contributed by atoms with van der Waals surface area (Å²) in [5.41, 5.74) is 4.85. The second kappa shape index (κ2) is 35.1. The van der Waals surface area contributed by atoms with Gasteiger partial charge in [-0.05, 0) is 210 Å². The molecule has 468 valence electrons. The van der Waals surface area contributed by atoms with E-state index in [9.17, 15) is 19.2 Å². The maximum absolute atomic E-state index is 12.9. The molecule has 6 rings (SSSR count). The molecule has 0 spiro atoms. The van der Waals surface area contributed by atoms with E-state index in [0.717, 1.165) is 123 Å². The van der Waals surface area contributed by atoms with Crippen molar-refractivity contribution in [3.8, 4) is 56.8 Å². The molecule has 0 unspecified atom stereocenters. The fraction of sp³-hybridized carbons (Fsp3) is 0.429. The van der Waals surface area contributed by atoms with E-state index in [-0.39, 0.29) is 0 Å². The van der Waals surface area contributed by atoms with Crippen LogP contribution in [0.2, 0.25) is 51.4 Å². The molecular formula is C70H92O14Si3. The minimum absolute atomic E-state index is 0.368. The van der Waals surface area contributed by atoms with E-state index >= 15 is 0 Å². The molecule has 2 atom stereocenters. The average molecular weight is 1240 g/mol. The first-order chi connectivity index (χ1) is 41.7. The molecule has 0 radical (unpaired) electrons. The zero-order chi connectivity index (χ0) is 62.7. The summed E-state index contributed by atoms with van der Waals surface area (Å²) in [5, 5.41) is 0. The first-order valence-electron chi connectivity index (χ1n) is 31.1. The summed E-state index contributed by atoms with van der Waals surface area (Å²) in [7, 11) is -6.12. The predicted octanol–water partition coefficient (Wildman–Crippen LogP) is 17.4. The average Bonchev–Trinajstić information content (AvgIpc) is 2.84. The lowest BCUT2D eigenvalue weighted by molar-refractivity contribution is -0.151. The summed E-state index contributed by atoms with van der Waals surface area (Å²) in [4.78, 5) is 50.1. The van der Waals surface area contributed by atoms with Crippen LogP contribution in [0.4, 0.5) is 0 Å². The minimum atomic E-state index is -2.31. The number of hydrogen-bond donors (Lipinski definition) is 0.